The molecule has 0 aliphatic heterocycles. The van der Waals surface area contributed by atoms with Crippen LogP contribution in [0.15, 0.2) is 182 Å². The van der Waals surface area contributed by atoms with E-state index in [9.17, 15) is 0 Å². The highest BCUT2D eigenvalue weighted by Crippen LogP contribution is 2.45. The smallest absolute Gasteiger partial charge is 0.164 e. The van der Waals surface area contributed by atoms with Crippen molar-refractivity contribution in [1.82, 2.24) is 19.5 Å². The van der Waals surface area contributed by atoms with Crippen LogP contribution in [0, 0.1) is 0 Å². The van der Waals surface area contributed by atoms with Crippen molar-refractivity contribution in [3.05, 3.63) is 182 Å². The lowest BCUT2D eigenvalue weighted by molar-refractivity contribution is 1.07. The first-order valence-corrected chi connectivity index (χ1v) is 20.7. The molecule has 0 aliphatic rings. The van der Waals surface area contributed by atoms with Gasteiger partial charge in [0.15, 0.2) is 17.5 Å². The van der Waals surface area contributed by atoms with Crippen LogP contribution in [0.3, 0.4) is 0 Å². The van der Waals surface area contributed by atoms with Crippen molar-refractivity contribution >= 4 is 84.8 Å². The summed E-state index contributed by atoms with van der Waals surface area (Å²) in [6.07, 6.45) is 0. The Morgan fingerprint density at radius 1 is 0.351 bits per heavy atom. The lowest BCUT2D eigenvalue weighted by Gasteiger charge is -2.15. The van der Waals surface area contributed by atoms with Crippen molar-refractivity contribution in [2.45, 2.75) is 0 Å². The molecule has 0 bridgehead atoms. The van der Waals surface area contributed by atoms with Gasteiger partial charge in [0.25, 0.3) is 0 Å². The van der Waals surface area contributed by atoms with E-state index in [1.165, 1.54) is 62.2 Å². The maximum absolute atomic E-state index is 5.22. The number of rotatable bonds is 5. The molecule has 0 saturated heterocycles. The molecular formula is C51H30N4S2. The predicted molar refractivity (Wildman–Crippen MR) is 242 cm³/mol. The van der Waals surface area contributed by atoms with Crippen molar-refractivity contribution < 1.29 is 0 Å². The molecule has 266 valence electrons. The third-order valence-corrected chi connectivity index (χ3v) is 13.5. The summed E-state index contributed by atoms with van der Waals surface area (Å²) in [6.45, 7) is 0. The number of fused-ring (bicyclic) bond motifs is 10. The van der Waals surface area contributed by atoms with Gasteiger partial charge in [-0.15, -0.1) is 22.7 Å². The highest BCUT2D eigenvalue weighted by Gasteiger charge is 2.21. The first-order valence-electron chi connectivity index (χ1n) is 19.0. The Bertz CT molecular complexity index is 3470. The highest BCUT2D eigenvalue weighted by atomic mass is 32.1. The summed E-state index contributed by atoms with van der Waals surface area (Å²) in [5, 5.41) is 7.66. The number of aromatic nitrogens is 4. The molecule has 4 heterocycles. The first-order chi connectivity index (χ1) is 28.2. The number of hydrogen-bond acceptors (Lipinski definition) is 5. The van der Waals surface area contributed by atoms with E-state index in [1.54, 1.807) is 0 Å². The van der Waals surface area contributed by atoms with Gasteiger partial charge in [-0.05, 0) is 53.6 Å². The summed E-state index contributed by atoms with van der Waals surface area (Å²) >= 11 is 3.73. The van der Waals surface area contributed by atoms with Crippen molar-refractivity contribution in [3.8, 4) is 51.0 Å². The SMILES string of the molecule is c1ccc(-c2nc(-c3ccccc3)nc(-c3cc(-c4cccc5c4sc4ccccc45)cc(-n4c5ccccc5c5c6sc7ccccc7c6ccc54)c3)n2)cc1. The molecule has 0 saturated carbocycles. The van der Waals surface area contributed by atoms with E-state index in [0.717, 1.165) is 33.5 Å². The Labute approximate surface area is 335 Å². The average molecular weight is 763 g/mol. The van der Waals surface area contributed by atoms with Crippen molar-refractivity contribution in [2.24, 2.45) is 0 Å². The number of nitrogens with zero attached hydrogens (tertiary/aromatic N) is 4. The van der Waals surface area contributed by atoms with Gasteiger partial charge < -0.3 is 4.57 Å². The van der Waals surface area contributed by atoms with Crippen LogP contribution in [0.5, 0.6) is 0 Å². The van der Waals surface area contributed by atoms with Gasteiger partial charge in [0, 0.05) is 73.5 Å². The fraction of sp³-hybridized carbons (Fsp3) is 0. The van der Waals surface area contributed by atoms with Crippen LogP contribution in [0.2, 0.25) is 0 Å². The highest BCUT2D eigenvalue weighted by molar-refractivity contribution is 7.27. The number of thiophene rings is 2. The van der Waals surface area contributed by atoms with Crippen molar-refractivity contribution in [2.75, 3.05) is 0 Å². The zero-order valence-electron chi connectivity index (χ0n) is 30.4. The van der Waals surface area contributed by atoms with Gasteiger partial charge in [0.1, 0.15) is 0 Å². The molecule has 0 unspecified atom stereocenters. The first kappa shape index (κ1) is 32.3. The molecule has 8 aromatic carbocycles. The Balaban J connectivity index is 1.18. The molecule has 0 fully saturated rings. The summed E-state index contributed by atoms with van der Waals surface area (Å²) in [6, 6.07) is 64.8. The zero-order chi connectivity index (χ0) is 37.5. The Kier molecular flexibility index (Phi) is 7.24. The Morgan fingerprint density at radius 2 is 0.877 bits per heavy atom. The fourth-order valence-electron chi connectivity index (χ4n) is 8.45. The van der Waals surface area contributed by atoms with Crippen LogP contribution < -0.4 is 0 Å². The molecule has 12 rings (SSSR count). The van der Waals surface area contributed by atoms with Gasteiger partial charge >= 0.3 is 0 Å². The Morgan fingerprint density at radius 3 is 1.56 bits per heavy atom. The van der Waals surface area contributed by atoms with E-state index < -0.39 is 0 Å². The van der Waals surface area contributed by atoms with Crippen LogP contribution in [0.4, 0.5) is 0 Å². The fourth-order valence-corrected chi connectivity index (χ4v) is 10.9. The second-order valence-electron chi connectivity index (χ2n) is 14.4. The lowest BCUT2D eigenvalue weighted by atomic mass is 9.99. The van der Waals surface area contributed by atoms with Crippen LogP contribution in [-0.2, 0) is 0 Å². The monoisotopic (exact) mass is 762 g/mol. The maximum Gasteiger partial charge on any atom is 0.164 e. The van der Waals surface area contributed by atoms with E-state index in [0.29, 0.717) is 17.5 Å². The zero-order valence-corrected chi connectivity index (χ0v) is 32.1. The topological polar surface area (TPSA) is 43.6 Å². The van der Waals surface area contributed by atoms with Crippen molar-refractivity contribution in [3.63, 3.8) is 0 Å². The molecule has 4 nitrogen and oxygen atoms in total. The third kappa shape index (κ3) is 5.15. The number of benzene rings is 8. The van der Waals surface area contributed by atoms with Gasteiger partial charge in [-0.25, -0.2) is 15.0 Å². The molecule has 6 heteroatoms. The largest absolute Gasteiger partial charge is 0.309 e. The molecule has 0 radical (unpaired) electrons. The predicted octanol–water partition coefficient (Wildman–Crippen LogP) is 14.4. The standard InChI is InChI=1S/C51H30N4S2/c1-3-14-31(15-4-1)49-52-50(32-16-5-2-6-17-32)54-51(53-49)34-28-33(36-21-13-22-39-37-18-8-11-24-44(37)56-47(36)39)29-35(30-34)55-42-23-10-7-20-41(42)46-43(55)27-26-40-38-19-9-12-25-45(38)57-48(40)46/h1-30H. The van der Waals surface area contributed by atoms with E-state index in [-0.39, 0.29) is 0 Å². The van der Waals surface area contributed by atoms with Crippen molar-refractivity contribution in [1.29, 1.82) is 0 Å². The molecule has 0 atom stereocenters. The molecule has 4 aromatic heterocycles. The molecular weight excluding hydrogens is 733 g/mol. The minimum Gasteiger partial charge on any atom is -0.309 e. The summed E-state index contributed by atoms with van der Waals surface area (Å²) in [7, 11) is 0. The van der Waals surface area contributed by atoms with Crippen LogP contribution in [0.1, 0.15) is 0 Å². The molecule has 0 spiro atoms. The van der Waals surface area contributed by atoms with E-state index in [2.05, 4.69) is 150 Å². The van der Waals surface area contributed by atoms with Gasteiger partial charge in [-0.1, -0.05) is 140 Å². The minimum atomic E-state index is 0.627. The maximum atomic E-state index is 5.22. The molecule has 57 heavy (non-hydrogen) atoms. The van der Waals surface area contributed by atoms with Crippen LogP contribution >= 0.6 is 22.7 Å². The lowest BCUT2D eigenvalue weighted by Crippen LogP contribution is -2.01. The summed E-state index contributed by atoms with van der Waals surface area (Å²) < 4.78 is 7.60. The van der Waals surface area contributed by atoms with Gasteiger partial charge in [-0.3, -0.25) is 0 Å². The average Bonchev–Trinajstić information content (AvgIpc) is 3.96. The van der Waals surface area contributed by atoms with Gasteiger partial charge in [-0.2, -0.15) is 0 Å². The minimum absolute atomic E-state index is 0.627. The quantitative estimate of drug-likeness (QED) is 0.175. The second kappa shape index (κ2) is 12.8. The summed E-state index contributed by atoms with van der Waals surface area (Å²) in [5.41, 5.74) is 8.48. The van der Waals surface area contributed by atoms with E-state index >= 15 is 0 Å². The van der Waals surface area contributed by atoms with Crippen LogP contribution in [-0.4, -0.2) is 19.5 Å². The third-order valence-electron chi connectivity index (χ3n) is 11.0. The Hall–Kier alpha value is -6.99. The summed E-state index contributed by atoms with van der Waals surface area (Å²) in [5.74, 6) is 1.91. The molecule has 0 aliphatic carbocycles. The number of para-hydroxylation sites is 1. The van der Waals surface area contributed by atoms with Gasteiger partial charge in [0.05, 0.1) is 11.0 Å². The van der Waals surface area contributed by atoms with Crippen LogP contribution in [0.25, 0.3) is 113 Å². The molecule has 12 aromatic rings. The van der Waals surface area contributed by atoms with E-state index in [4.69, 9.17) is 15.0 Å². The second-order valence-corrected chi connectivity index (χ2v) is 16.5. The summed E-state index contributed by atoms with van der Waals surface area (Å²) in [4.78, 5) is 15.5. The number of hydrogen-bond donors (Lipinski definition) is 0. The van der Waals surface area contributed by atoms with Gasteiger partial charge in [0.2, 0.25) is 0 Å². The normalized spacial score (nSPS) is 11.9. The molecule has 0 amide bonds. The molecule has 0 N–H and O–H groups in total. The van der Waals surface area contributed by atoms with E-state index in [1.807, 2.05) is 59.1 Å².